The fourth-order valence-electron chi connectivity index (χ4n) is 7.29. The molecule has 1 spiro atoms. The number of cyclic esters (lactones) is 1. The number of amides is 2. The molecule has 5 aliphatic rings. The van der Waals surface area contributed by atoms with Gasteiger partial charge < -0.3 is 24.4 Å². The van der Waals surface area contributed by atoms with Crippen LogP contribution in [0.2, 0.25) is 0 Å². The number of aliphatic hydroxyl groups is 1. The Morgan fingerprint density at radius 3 is 2.54 bits per heavy atom. The lowest BCUT2D eigenvalue weighted by molar-refractivity contribution is -0.154. The van der Waals surface area contributed by atoms with Gasteiger partial charge in [0.05, 0.1) is 49.1 Å². The first-order valence-corrected chi connectivity index (χ1v) is 15.5. The Bertz CT molecular complexity index is 1220. The monoisotopic (exact) mass is 581 g/mol. The maximum atomic E-state index is 14.6. The van der Waals surface area contributed by atoms with Crippen LogP contribution in [0.5, 0.6) is 0 Å². The molecule has 6 rings (SSSR count). The van der Waals surface area contributed by atoms with Crippen molar-refractivity contribution in [2.75, 3.05) is 59.2 Å². The van der Waals surface area contributed by atoms with E-state index in [0.717, 1.165) is 25.2 Å². The van der Waals surface area contributed by atoms with Crippen molar-refractivity contribution < 1.29 is 29.0 Å². The summed E-state index contributed by atoms with van der Waals surface area (Å²) in [6, 6.07) is 8.25. The average Bonchev–Trinajstić information content (AvgIpc) is 3.31. The number of nitrogens with zero attached hydrogens (tertiary/aromatic N) is 3. The van der Waals surface area contributed by atoms with Crippen molar-refractivity contribution in [3.8, 4) is 0 Å². The van der Waals surface area contributed by atoms with Crippen LogP contribution in [0.15, 0.2) is 54.6 Å². The fourth-order valence-corrected chi connectivity index (χ4v) is 9.43. The Kier molecular flexibility index (Phi) is 8.02. The largest absolute Gasteiger partial charge is 0.465 e. The molecule has 9 nitrogen and oxygen atoms in total. The Hall–Kier alpha value is -2.66. The van der Waals surface area contributed by atoms with Gasteiger partial charge in [-0.15, -0.1) is 11.8 Å². The van der Waals surface area contributed by atoms with E-state index in [-0.39, 0.29) is 25.0 Å². The fraction of sp³-hybridized carbons (Fsp3) is 0.581. The molecule has 1 aromatic rings. The number of carbonyl (C=O) groups is 3. The smallest absolute Gasteiger partial charge is 0.311 e. The third kappa shape index (κ3) is 5.02. The number of benzene rings is 1. The normalized spacial score (nSPS) is 34.4. The molecule has 5 aliphatic heterocycles. The van der Waals surface area contributed by atoms with Crippen molar-refractivity contribution in [3.63, 3.8) is 0 Å². The molecule has 1 aromatic carbocycles. The van der Waals surface area contributed by atoms with Gasteiger partial charge in [-0.05, 0) is 25.3 Å². The van der Waals surface area contributed by atoms with Crippen molar-refractivity contribution in [3.05, 3.63) is 60.2 Å². The highest BCUT2D eigenvalue weighted by atomic mass is 32.2. The van der Waals surface area contributed by atoms with Crippen LogP contribution >= 0.6 is 11.8 Å². The highest BCUT2D eigenvalue weighted by molar-refractivity contribution is 8.02. The molecule has 220 valence electrons. The molecule has 2 amide bonds. The summed E-state index contributed by atoms with van der Waals surface area (Å²) in [4.78, 5) is 48.5. The number of likely N-dealkylation sites (tertiary alicyclic amines) is 1. The minimum absolute atomic E-state index is 0.131. The molecule has 0 aromatic heterocycles. The molecule has 3 saturated heterocycles. The summed E-state index contributed by atoms with van der Waals surface area (Å²) in [6.07, 6.45) is 9.09. The van der Waals surface area contributed by atoms with E-state index >= 15 is 0 Å². The second-order valence-corrected chi connectivity index (χ2v) is 13.6. The van der Waals surface area contributed by atoms with Gasteiger partial charge in [-0.1, -0.05) is 54.6 Å². The molecule has 0 aliphatic carbocycles. The summed E-state index contributed by atoms with van der Waals surface area (Å²) < 4.78 is 9.46. The second-order valence-electron chi connectivity index (χ2n) is 11.8. The number of hydrogen-bond donors (Lipinski definition) is 1. The number of thioether (sulfide) groups is 1. The minimum Gasteiger partial charge on any atom is -0.465 e. The Morgan fingerprint density at radius 1 is 1.00 bits per heavy atom. The number of esters is 1. The highest BCUT2D eigenvalue weighted by Gasteiger charge is 2.74. The van der Waals surface area contributed by atoms with Crippen LogP contribution in [0.1, 0.15) is 18.9 Å². The zero-order valence-electron chi connectivity index (χ0n) is 23.5. The number of aliphatic hydroxyl groups excluding tert-OH is 1. The van der Waals surface area contributed by atoms with E-state index < -0.39 is 39.4 Å². The molecule has 0 radical (unpaired) electrons. The number of carbonyl (C=O) groups excluding carboxylic acids is 3. The maximum absolute atomic E-state index is 14.6. The van der Waals surface area contributed by atoms with Gasteiger partial charge in [0.25, 0.3) is 0 Å². The van der Waals surface area contributed by atoms with E-state index in [9.17, 15) is 19.5 Å². The quantitative estimate of drug-likeness (QED) is 0.382. The van der Waals surface area contributed by atoms with Gasteiger partial charge >= 0.3 is 5.97 Å². The molecule has 1 N–H and O–H groups in total. The van der Waals surface area contributed by atoms with Crippen LogP contribution in [0.25, 0.3) is 0 Å². The summed E-state index contributed by atoms with van der Waals surface area (Å²) in [5.74, 6) is -2.30. The number of fused-ring (bicyclic) bond motifs is 2. The summed E-state index contributed by atoms with van der Waals surface area (Å²) in [6.45, 7) is 6.66. The number of hydrogen-bond acceptors (Lipinski definition) is 8. The number of rotatable bonds is 7. The molecule has 0 bridgehead atoms. The Labute approximate surface area is 245 Å². The van der Waals surface area contributed by atoms with E-state index in [1.165, 1.54) is 11.8 Å². The first-order chi connectivity index (χ1) is 19.9. The van der Waals surface area contributed by atoms with Crippen molar-refractivity contribution in [2.45, 2.75) is 41.3 Å². The van der Waals surface area contributed by atoms with Crippen LogP contribution in [-0.2, 0) is 30.3 Å². The van der Waals surface area contributed by atoms with Gasteiger partial charge in [0.15, 0.2) is 0 Å². The molecule has 5 heterocycles. The summed E-state index contributed by atoms with van der Waals surface area (Å²) in [5, 5.41) is 10.7. The lowest BCUT2D eigenvalue weighted by atomic mass is 9.74. The summed E-state index contributed by atoms with van der Waals surface area (Å²) >= 11 is 1.54. The summed E-state index contributed by atoms with van der Waals surface area (Å²) in [5.41, 5.74) is 0.969. The molecule has 6 atom stereocenters. The van der Waals surface area contributed by atoms with E-state index in [0.29, 0.717) is 39.1 Å². The zero-order chi connectivity index (χ0) is 28.6. The molecular weight excluding hydrogens is 542 g/mol. The zero-order valence-corrected chi connectivity index (χ0v) is 24.3. The van der Waals surface area contributed by atoms with E-state index in [4.69, 9.17) is 9.47 Å². The van der Waals surface area contributed by atoms with Crippen LogP contribution < -0.4 is 0 Å². The predicted octanol–water partition coefficient (Wildman–Crippen LogP) is 1.51. The van der Waals surface area contributed by atoms with E-state index in [1.54, 1.807) is 4.90 Å². The lowest BCUT2D eigenvalue weighted by Gasteiger charge is -2.40. The van der Waals surface area contributed by atoms with E-state index in [2.05, 4.69) is 4.90 Å². The van der Waals surface area contributed by atoms with Gasteiger partial charge in [0.2, 0.25) is 11.8 Å². The predicted molar refractivity (Wildman–Crippen MR) is 155 cm³/mol. The molecule has 10 heteroatoms. The SMILES string of the molecule is C[C@]12C=CCCOC(=O)[C@H]1[C@H]1C(=O)N([C@@H](CO)Cc3ccccc3)C3C(=O)N(CCN4CCOCC4)CC=C[C@@]31S2. The van der Waals surface area contributed by atoms with Crippen molar-refractivity contribution in [1.29, 1.82) is 0 Å². The molecule has 1 unspecified atom stereocenters. The minimum atomic E-state index is -0.959. The topological polar surface area (TPSA) is 99.6 Å². The maximum Gasteiger partial charge on any atom is 0.311 e. The Morgan fingerprint density at radius 2 is 1.78 bits per heavy atom. The van der Waals surface area contributed by atoms with Gasteiger partial charge in [-0.25, -0.2) is 0 Å². The van der Waals surface area contributed by atoms with Crippen LogP contribution in [-0.4, -0.2) is 118 Å². The van der Waals surface area contributed by atoms with Crippen LogP contribution in [0.3, 0.4) is 0 Å². The van der Waals surface area contributed by atoms with E-state index in [1.807, 2.05) is 66.5 Å². The highest BCUT2D eigenvalue weighted by Crippen LogP contribution is 2.65. The standard InChI is InChI=1S/C31H39N3O6S/c1-30-10-5-6-17-40-29(38)25(30)24-27(36)34(23(21-35)20-22-8-3-2-4-9-22)26-28(37)33(12-7-11-31(24,26)41-30)14-13-32-15-18-39-19-16-32/h2-5,7-11,23-26,35H,6,12-21H2,1H3/t23-,24+,25-,26?,30+,31+/m1/s1. The van der Waals surface area contributed by atoms with Gasteiger partial charge in [-0.2, -0.15) is 0 Å². The summed E-state index contributed by atoms with van der Waals surface area (Å²) in [7, 11) is 0. The molecule has 41 heavy (non-hydrogen) atoms. The molecule has 0 saturated carbocycles. The molecule has 3 fully saturated rings. The van der Waals surface area contributed by atoms with Crippen LogP contribution in [0, 0.1) is 11.8 Å². The number of ether oxygens (including phenoxy) is 2. The Balaban J connectivity index is 1.39. The first-order valence-electron chi connectivity index (χ1n) is 14.7. The van der Waals surface area contributed by atoms with Crippen molar-refractivity contribution in [1.82, 2.24) is 14.7 Å². The second kappa shape index (κ2) is 11.6. The van der Waals surface area contributed by atoms with Gasteiger partial charge in [0, 0.05) is 37.5 Å². The van der Waals surface area contributed by atoms with Crippen molar-refractivity contribution in [2.24, 2.45) is 11.8 Å². The third-order valence-electron chi connectivity index (χ3n) is 9.25. The lowest BCUT2D eigenvalue weighted by Crippen LogP contribution is -2.58. The number of morpholine rings is 1. The van der Waals surface area contributed by atoms with Gasteiger partial charge in [-0.3, -0.25) is 19.3 Å². The van der Waals surface area contributed by atoms with Crippen LogP contribution in [0.4, 0.5) is 0 Å². The third-order valence-corrected chi connectivity index (χ3v) is 11.0. The first kappa shape index (κ1) is 28.5. The van der Waals surface area contributed by atoms with Crippen molar-refractivity contribution >= 4 is 29.5 Å². The van der Waals surface area contributed by atoms with Gasteiger partial charge in [0.1, 0.15) is 6.04 Å². The average molecular weight is 582 g/mol. The molecular formula is C31H39N3O6S.